The molecule has 4 atom stereocenters. The molecule has 4 rings (SSSR count). The largest absolute Gasteiger partial charge is 0.389 e. The predicted molar refractivity (Wildman–Crippen MR) is 144 cm³/mol. The van der Waals surface area contributed by atoms with E-state index in [1.807, 2.05) is 0 Å². The van der Waals surface area contributed by atoms with Crippen LogP contribution in [0.25, 0.3) is 0 Å². The van der Waals surface area contributed by atoms with E-state index in [1.165, 1.54) is 0 Å². The van der Waals surface area contributed by atoms with Crippen LogP contribution in [0, 0.1) is 0 Å². The standard InChI is InChI=1S/C25H27Cl4N3O5/c26-18-4-1-14(7-20(18)28)10-30-24(34)9-17-3-6-22-23(37-17)13-36-12-16(33)11-32(22)25(35)31-15-2-5-19(27)21(29)8-15/h1-2,4-5,7-8,16-17,22-23,33H,3,6,9-13H2,(H,30,34)(H,31,35)/t16-,17+,22-,23+/m1/s1. The molecule has 2 heterocycles. The molecule has 2 aromatic carbocycles. The lowest BCUT2D eigenvalue weighted by Gasteiger charge is -2.44. The monoisotopic (exact) mass is 589 g/mol. The van der Waals surface area contributed by atoms with E-state index in [-0.39, 0.29) is 44.2 Å². The van der Waals surface area contributed by atoms with E-state index in [2.05, 4.69) is 10.6 Å². The lowest BCUT2D eigenvalue weighted by atomic mass is 9.95. The van der Waals surface area contributed by atoms with E-state index >= 15 is 0 Å². The van der Waals surface area contributed by atoms with Crippen molar-refractivity contribution in [1.82, 2.24) is 10.2 Å². The summed E-state index contributed by atoms with van der Waals surface area (Å²) in [5, 5.41) is 17.6. The molecule has 0 saturated carbocycles. The summed E-state index contributed by atoms with van der Waals surface area (Å²) in [7, 11) is 0. The summed E-state index contributed by atoms with van der Waals surface area (Å²) in [6.45, 7) is 0.655. The molecule has 0 radical (unpaired) electrons. The highest BCUT2D eigenvalue weighted by Crippen LogP contribution is 2.30. The summed E-state index contributed by atoms with van der Waals surface area (Å²) in [6.07, 6.45) is -0.307. The number of aliphatic hydroxyl groups excluding tert-OH is 1. The molecule has 2 saturated heterocycles. The van der Waals surface area contributed by atoms with Gasteiger partial charge in [-0.1, -0.05) is 52.5 Å². The lowest BCUT2D eigenvalue weighted by Crippen LogP contribution is -2.58. The second-order valence-corrected chi connectivity index (χ2v) is 10.7. The van der Waals surface area contributed by atoms with Crippen LogP contribution in [0.5, 0.6) is 0 Å². The van der Waals surface area contributed by atoms with Crippen LogP contribution in [0.4, 0.5) is 10.5 Å². The zero-order valence-corrected chi connectivity index (χ0v) is 22.8. The fourth-order valence-electron chi connectivity index (χ4n) is 4.47. The maximum Gasteiger partial charge on any atom is 0.322 e. The Morgan fingerprint density at radius 1 is 0.973 bits per heavy atom. The van der Waals surface area contributed by atoms with Gasteiger partial charge in [0.2, 0.25) is 5.91 Å². The predicted octanol–water partition coefficient (Wildman–Crippen LogP) is 5.15. The SMILES string of the molecule is O=C(C[C@@H]1CC[C@@H]2[C@H](COC[C@H](O)CN2C(=O)Nc2ccc(Cl)c(Cl)c2)O1)NCc1ccc(Cl)c(Cl)c1. The van der Waals surface area contributed by atoms with Gasteiger partial charge in [0.1, 0.15) is 6.10 Å². The van der Waals surface area contributed by atoms with Crippen LogP contribution >= 0.6 is 46.4 Å². The maximum atomic E-state index is 13.2. The molecule has 3 amide bonds. The molecule has 0 spiro atoms. The van der Waals surface area contributed by atoms with Crippen molar-refractivity contribution in [3.8, 4) is 0 Å². The number of fused-ring (bicyclic) bond motifs is 1. The number of carbonyl (C=O) groups excluding carboxylic acids is 2. The van der Waals surface area contributed by atoms with Crippen LogP contribution in [0.2, 0.25) is 20.1 Å². The second-order valence-electron chi connectivity index (χ2n) is 9.07. The van der Waals surface area contributed by atoms with Gasteiger partial charge in [0.15, 0.2) is 0 Å². The van der Waals surface area contributed by atoms with E-state index in [0.29, 0.717) is 45.2 Å². The van der Waals surface area contributed by atoms with Crippen molar-refractivity contribution in [2.24, 2.45) is 0 Å². The molecule has 3 N–H and O–H groups in total. The van der Waals surface area contributed by atoms with Crippen LogP contribution in [0.3, 0.4) is 0 Å². The minimum absolute atomic E-state index is 0.0674. The van der Waals surface area contributed by atoms with Gasteiger partial charge in [0.05, 0.1) is 64.5 Å². The third-order valence-electron chi connectivity index (χ3n) is 6.30. The van der Waals surface area contributed by atoms with Gasteiger partial charge in [0, 0.05) is 12.2 Å². The Labute approximate surface area is 235 Å². The number of nitrogens with one attached hydrogen (secondary N) is 2. The van der Waals surface area contributed by atoms with Gasteiger partial charge in [-0.3, -0.25) is 4.79 Å². The van der Waals surface area contributed by atoms with Gasteiger partial charge < -0.3 is 30.1 Å². The van der Waals surface area contributed by atoms with Gasteiger partial charge in [-0.2, -0.15) is 0 Å². The van der Waals surface area contributed by atoms with Gasteiger partial charge >= 0.3 is 6.03 Å². The first kappa shape index (κ1) is 28.2. The molecule has 2 aliphatic rings. The summed E-state index contributed by atoms with van der Waals surface area (Å²) in [6, 6.07) is 9.27. The van der Waals surface area contributed by atoms with Gasteiger partial charge in [-0.05, 0) is 48.7 Å². The lowest BCUT2D eigenvalue weighted by molar-refractivity contribution is -0.149. The van der Waals surface area contributed by atoms with Crippen molar-refractivity contribution in [2.75, 3.05) is 25.1 Å². The zero-order valence-electron chi connectivity index (χ0n) is 19.8. The van der Waals surface area contributed by atoms with Crippen molar-refractivity contribution in [3.63, 3.8) is 0 Å². The van der Waals surface area contributed by atoms with E-state index in [0.717, 1.165) is 5.56 Å². The number of rotatable bonds is 5. The minimum Gasteiger partial charge on any atom is -0.389 e. The number of aliphatic hydroxyl groups is 1. The number of ether oxygens (including phenoxy) is 2. The molecule has 2 aliphatic heterocycles. The highest BCUT2D eigenvalue weighted by molar-refractivity contribution is 6.42. The summed E-state index contributed by atoms with van der Waals surface area (Å²) in [5.74, 6) is -0.161. The van der Waals surface area contributed by atoms with E-state index < -0.39 is 18.2 Å². The Bertz CT molecular complexity index is 1140. The maximum absolute atomic E-state index is 13.2. The Balaban J connectivity index is 1.36. The number of β-amino-alcohol motifs (C(OH)–C–C–N with tert-alkyl or cyclic N) is 1. The first-order chi connectivity index (χ1) is 17.7. The summed E-state index contributed by atoms with van der Waals surface area (Å²) in [4.78, 5) is 27.4. The molecule has 2 aromatic rings. The highest BCUT2D eigenvalue weighted by atomic mass is 35.5. The smallest absolute Gasteiger partial charge is 0.322 e. The third kappa shape index (κ3) is 7.63. The molecule has 0 aliphatic carbocycles. The number of carbonyl (C=O) groups is 2. The molecule has 0 unspecified atom stereocenters. The van der Waals surface area contributed by atoms with Crippen molar-refractivity contribution in [1.29, 1.82) is 0 Å². The normalized spacial score (nSPS) is 24.0. The molecule has 200 valence electrons. The van der Waals surface area contributed by atoms with E-state index in [4.69, 9.17) is 55.9 Å². The first-order valence-corrected chi connectivity index (χ1v) is 13.4. The Morgan fingerprint density at radius 2 is 1.70 bits per heavy atom. The van der Waals surface area contributed by atoms with Crippen LogP contribution in [0.1, 0.15) is 24.8 Å². The fraction of sp³-hybridized carbons (Fsp3) is 0.440. The van der Waals surface area contributed by atoms with Gasteiger partial charge in [-0.25, -0.2) is 4.79 Å². The number of hydrogen-bond acceptors (Lipinski definition) is 5. The molecule has 37 heavy (non-hydrogen) atoms. The molecule has 0 aromatic heterocycles. The number of amides is 3. The molecule has 0 bridgehead atoms. The second kappa shape index (κ2) is 12.8. The number of urea groups is 1. The Kier molecular flexibility index (Phi) is 9.80. The van der Waals surface area contributed by atoms with Crippen molar-refractivity contribution < 1.29 is 24.2 Å². The number of hydrogen-bond donors (Lipinski definition) is 3. The highest BCUT2D eigenvalue weighted by Gasteiger charge is 2.40. The molecule has 2 fully saturated rings. The minimum atomic E-state index is -0.842. The topological polar surface area (TPSA) is 100 Å². The van der Waals surface area contributed by atoms with Crippen molar-refractivity contribution >= 4 is 64.0 Å². The van der Waals surface area contributed by atoms with Crippen LogP contribution in [-0.2, 0) is 20.8 Å². The fourth-order valence-corrected chi connectivity index (χ4v) is 5.09. The zero-order chi connectivity index (χ0) is 26.5. The molecular weight excluding hydrogens is 564 g/mol. The van der Waals surface area contributed by atoms with Crippen LogP contribution in [-0.4, -0.2) is 66.1 Å². The third-order valence-corrected chi connectivity index (χ3v) is 7.78. The Hall–Kier alpha value is -1.78. The number of anilines is 1. The van der Waals surface area contributed by atoms with Crippen LogP contribution in [0.15, 0.2) is 36.4 Å². The first-order valence-electron chi connectivity index (χ1n) is 11.8. The summed E-state index contributed by atoms with van der Waals surface area (Å²) < 4.78 is 11.8. The number of halogens is 4. The van der Waals surface area contributed by atoms with E-state index in [9.17, 15) is 14.7 Å². The average Bonchev–Trinajstić information content (AvgIpc) is 2.85. The summed E-state index contributed by atoms with van der Waals surface area (Å²) in [5.41, 5.74) is 1.32. The average molecular weight is 591 g/mol. The quantitative estimate of drug-likeness (QED) is 0.447. The van der Waals surface area contributed by atoms with Crippen molar-refractivity contribution in [2.45, 2.75) is 50.2 Å². The number of nitrogens with zero attached hydrogens (tertiary/aromatic N) is 1. The van der Waals surface area contributed by atoms with Crippen LogP contribution < -0.4 is 10.6 Å². The van der Waals surface area contributed by atoms with Crippen molar-refractivity contribution in [3.05, 3.63) is 62.1 Å². The van der Waals surface area contributed by atoms with Gasteiger partial charge in [0.25, 0.3) is 0 Å². The molecule has 8 nitrogen and oxygen atoms in total. The Morgan fingerprint density at radius 3 is 2.43 bits per heavy atom. The summed E-state index contributed by atoms with van der Waals surface area (Å²) >= 11 is 24.0. The number of benzene rings is 2. The molecular formula is C25H27Cl4N3O5. The molecule has 12 heteroatoms. The van der Waals surface area contributed by atoms with Gasteiger partial charge in [-0.15, -0.1) is 0 Å². The van der Waals surface area contributed by atoms with E-state index in [1.54, 1.807) is 41.3 Å².